The average Bonchev–Trinajstić information content (AvgIpc) is 2.45. The monoisotopic (exact) mass is 304 g/mol. The summed E-state index contributed by atoms with van der Waals surface area (Å²) in [6, 6.07) is 6.58. The Bertz CT molecular complexity index is 621. The van der Waals surface area contributed by atoms with Crippen molar-refractivity contribution in [2.24, 2.45) is 5.92 Å². The number of hydrogen-bond acceptors (Lipinski definition) is 5. The highest BCUT2D eigenvalue weighted by atomic mass is 16.5. The SMILES string of the molecule is CC(=O)Oc1cccc(C(=O)N[C@H](C[C@@H](C)C#N)C(=O)O)c1. The van der Waals surface area contributed by atoms with Crippen molar-refractivity contribution < 1.29 is 24.2 Å². The molecule has 7 nitrogen and oxygen atoms in total. The Morgan fingerprint density at radius 3 is 2.64 bits per heavy atom. The van der Waals surface area contributed by atoms with Crippen molar-refractivity contribution in [1.29, 1.82) is 5.26 Å². The standard InChI is InChI=1S/C15H16N2O5/c1-9(8-16)6-13(15(20)21)17-14(19)11-4-3-5-12(7-11)22-10(2)18/h3-5,7,9,13H,6H2,1-2H3,(H,17,19)(H,20,21)/t9-,13-/m1/s1. The van der Waals surface area contributed by atoms with E-state index >= 15 is 0 Å². The van der Waals surface area contributed by atoms with Crippen LogP contribution in [0.4, 0.5) is 0 Å². The largest absolute Gasteiger partial charge is 0.480 e. The van der Waals surface area contributed by atoms with Crippen molar-refractivity contribution >= 4 is 17.8 Å². The minimum Gasteiger partial charge on any atom is -0.480 e. The van der Waals surface area contributed by atoms with Crippen LogP contribution >= 0.6 is 0 Å². The summed E-state index contributed by atoms with van der Waals surface area (Å²) in [5.41, 5.74) is 0.162. The van der Waals surface area contributed by atoms with Crippen molar-refractivity contribution in [3.63, 3.8) is 0 Å². The average molecular weight is 304 g/mol. The number of rotatable bonds is 6. The third kappa shape index (κ3) is 5.25. The lowest BCUT2D eigenvalue weighted by molar-refractivity contribution is -0.139. The number of carbonyl (C=O) groups is 3. The summed E-state index contributed by atoms with van der Waals surface area (Å²) in [5.74, 6) is -2.67. The van der Waals surface area contributed by atoms with Gasteiger partial charge >= 0.3 is 11.9 Å². The van der Waals surface area contributed by atoms with Crippen molar-refractivity contribution in [1.82, 2.24) is 5.32 Å². The number of nitrogens with zero attached hydrogens (tertiary/aromatic N) is 1. The molecule has 1 rings (SSSR count). The Labute approximate surface area is 127 Å². The van der Waals surface area contributed by atoms with E-state index in [0.717, 1.165) is 0 Å². The molecule has 0 saturated carbocycles. The number of carboxylic acids is 1. The van der Waals surface area contributed by atoms with Gasteiger partial charge in [0.05, 0.1) is 6.07 Å². The molecule has 0 fully saturated rings. The van der Waals surface area contributed by atoms with Gasteiger partial charge in [-0.3, -0.25) is 9.59 Å². The van der Waals surface area contributed by atoms with Crippen LogP contribution in [0.1, 0.15) is 30.6 Å². The van der Waals surface area contributed by atoms with Gasteiger partial charge in [-0.25, -0.2) is 4.79 Å². The molecule has 0 bridgehead atoms. The first-order chi connectivity index (χ1) is 10.3. The number of benzene rings is 1. The number of ether oxygens (including phenoxy) is 1. The lowest BCUT2D eigenvalue weighted by atomic mass is 10.0. The van der Waals surface area contributed by atoms with Gasteiger partial charge in [0.15, 0.2) is 0 Å². The molecule has 22 heavy (non-hydrogen) atoms. The highest BCUT2D eigenvalue weighted by Gasteiger charge is 2.23. The molecule has 7 heteroatoms. The Kier molecular flexibility index (Phi) is 6.08. The van der Waals surface area contributed by atoms with Gasteiger partial charge in [-0.1, -0.05) is 6.07 Å². The highest BCUT2D eigenvalue weighted by molar-refractivity contribution is 5.97. The van der Waals surface area contributed by atoms with Crippen LogP contribution in [-0.4, -0.2) is 29.0 Å². The molecule has 0 aliphatic carbocycles. The number of nitriles is 1. The summed E-state index contributed by atoms with van der Waals surface area (Å²) in [6.07, 6.45) is 0.00120. The maximum Gasteiger partial charge on any atom is 0.326 e. The van der Waals surface area contributed by atoms with Crippen LogP contribution in [0.2, 0.25) is 0 Å². The molecule has 2 atom stereocenters. The van der Waals surface area contributed by atoms with E-state index in [2.05, 4.69) is 5.32 Å². The van der Waals surface area contributed by atoms with Gasteiger partial charge in [-0.05, 0) is 31.5 Å². The highest BCUT2D eigenvalue weighted by Crippen LogP contribution is 2.14. The summed E-state index contributed by atoms with van der Waals surface area (Å²) < 4.78 is 4.86. The molecular weight excluding hydrogens is 288 g/mol. The van der Waals surface area contributed by atoms with Crippen LogP contribution in [0.25, 0.3) is 0 Å². The minimum absolute atomic E-state index is 0.00120. The van der Waals surface area contributed by atoms with Gasteiger partial charge in [0.25, 0.3) is 5.91 Å². The third-order valence-corrected chi connectivity index (χ3v) is 2.77. The summed E-state index contributed by atoms with van der Waals surface area (Å²) >= 11 is 0. The van der Waals surface area contributed by atoms with Crippen molar-refractivity contribution in [2.75, 3.05) is 0 Å². The Balaban J connectivity index is 2.84. The zero-order chi connectivity index (χ0) is 16.7. The molecule has 0 radical (unpaired) electrons. The Morgan fingerprint density at radius 1 is 1.41 bits per heavy atom. The number of carbonyl (C=O) groups excluding carboxylic acids is 2. The molecule has 0 aliphatic rings. The third-order valence-electron chi connectivity index (χ3n) is 2.77. The lowest BCUT2D eigenvalue weighted by Crippen LogP contribution is -2.41. The van der Waals surface area contributed by atoms with Crippen molar-refractivity contribution in [2.45, 2.75) is 26.3 Å². The molecular formula is C15H16N2O5. The maximum atomic E-state index is 12.1. The van der Waals surface area contributed by atoms with Crippen LogP contribution in [0.5, 0.6) is 5.75 Å². The molecule has 0 saturated heterocycles. The number of esters is 1. The Morgan fingerprint density at radius 2 is 2.09 bits per heavy atom. The van der Waals surface area contributed by atoms with Gasteiger partial charge < -0.3 is 15.2 Å². The van der Waals surface area contributed by atoms with Gasteiger partial charge in [-0.15, -0.1) is 0 Å². The predicted octanol–water partition coefficient (Wildman–Crippen LogP) is 1.34. The summed E-state index contributed by atoms with van der Waals surface area (Å²) in [7, 11) is 0. The van der Waals surface area contributed by atoms with Crippen LogP contribution in [-0.2, 0) is 9.59 Å². The fourth-order valence-corrected chi connectivity index (χ4v) is 1.74. The Hall–Kier alpha value is -2.88. The summed E-state index contributed by atoms with van der Waals surface area (Å²) in [5, 5.41) is 20.2. The van der Waals surface area contributed by atoms with Gasteiger partial charge in [0.1, 0.15) is 11.8 Å². The van der Waals surface area contributed by atoms with Crippen LogP contribution in [0.3, 0.4) is 0 Å². The smallest absolute Gasteiger partial charge is 0.326 e. The fourth-order valence-electron chi connectivity index (χ4n) is 1.74. The minimum atomic E-state index is -1.22. The fraction of sp³-hybridized carbons (Fsp3) is 0.333. The number of carboxylic acid groups (broad SMARTS) is 1. The molecule has 1 aromatic carbocycles. The summed E-state index contributed by atoms with van der Waals surface area (Å²) in [4.78, 5) is 34.1. The van der Waals surface area contributed by atoms with Crippen molar-refractivity contribution in [3.8, 4) is 11.8 Å². The molecule has 0 aromatic heterocycles. The molecule has 0 unspecified atom stereocenters. The molecule has 116 valence electrons. The second-order valence-corrected chi connectivity index (χ2v) is 4.75. The molecule has 2 N–H and O–H groups in total. The van der Waals surface area contributed by atoms with Crippen LogP contribution in [0, 0.1) is 17.2 Å². The zero-order valence-electron chi connectivity index (χ0n) is 12.2. The molecule has 1 aromatic rings. The van der Waals surface area contributed by atoms with Crippen LogP contribution in [0.15, 0.2) is 24.3 Å². The van der Waals surface area contributed by atoms with E-state index in [0.29, 0.717) is 0 Å². The topological polar surface area (TPSA) is 116 Å². The number of nitrogens with one attached hydrogen (secondary N) is 1. The second-order valence-electron chi connectivity index (χ2n) is 4.75. The maximum absolute atomic E-state index is 12.1. The number of amides is 1. The van der Waals surface area contributed by atoms with E-state index in [1.807, 2.05) is 6.07 Å². The summed E-state index contributed by atoms with van der Waals surface area (Å²) in [6.45, 7) is 2.81. The van der Waals surface area contributed by atoms with E-state index in [-0.39, 0.29) is 17.7 Å². The second kappa shape index (κ2) is 7.78. The molecule has 0 aliphatic heterocycles. The first kappa shape index (κ1) is 17.2. The first-order valence-corrected chi connectivity index (χ1v) is 6.55. The van der Waals surface area contributed by atoms with E-state index in [9.17, 15) is 14.4 Å². The zero-order valence-corrected chi connectivity index (χ0v) is 12.2. The molecule has 0 heterocycles. The van der Waals surface area contributed by atoms with Gasteiger partial charge in [0.2, 0.25) is 0 Å². The van der Waals surface area contributed by atoms with E-state index in [1.165, 1.54) is 31.2 Å². The predicted molar refractivity (Wildman–Crippen MR) is 76.0 cm³/mol. The first-order valence-electron chi connectivity index (χ1n) is 6.55. The lowest BCUT2D eigenvalue weighted by Gasteiger charge is -2.15. The van der Waals surface area contributed by atoms with Gasteiger partial charge in [0, 0.05) is 18.4 Å². The van der Waals surface area contributed by atoms with E-state index in [1.54, 1.807) is 6.92 Å². The normalized spacial score (nSPS) is 12.6. The van der Waals surface area contributed by atoms with E-state index in [4.69, 9.17) is 15.1 Å². The quantitative estimate of drug-likeness (QED) is 0.605. The van der Waals surface area contributed by atoms with Crippen molar-refractivity contribution in [3.05, 3.63) is 29.8 Å². The van der Waals surface area contributed by atoms with Crippen LogP contribution < -0.4 is 10.1 Å². The molecule has 0 spiro atoms. The van der Waals surface area contributed by atoms with E-state index < -0.39 is 29.8 Å². The molecule has 1 amide bonds. The number of aliphatic carboxylic acids is 1. The number of hydrogen-bond donors (Lipinski definition) is 2. The van der Waals surface area contributed by atoms with Gasteiger partial charge in [-0.2, -0.15) is 5.26 Å².